The Hall–Kier alpha value is -2.49. The van der Waals surface area contributed by atoms with Crippen LogP contribution in [0.3, 0.4) is 0 Å². The number of phenolic OH excluding ortho intramolecular Hbond substituents is 2. The Morgan fingerprint density at radius 3 is 1.73 bits per heavy atom. The number of carbonyl (C=O) groups is 1. The van der Waals surface area contributed by atoms with Crippen LogP contribution in [0.4, 0.5) is 0 Å². The fourth-order valence-electron chi connectivity index (χ4n) is 3.16. The molecule has 0 aliphatic heterocycles. The van der Waals surface area contributed by atoms with Crippen LogP contribution in [0.2, 0.25) is 0 Å². The minimum absolute atomic E-state index is 0.156. The number of unbranched alkanes of at least 4 members (excludes halogenated alkanes) is 2. The monoisotopic (exact) mass is 356 g/mol. The third kappa shape index (κ3) is 4.37. The first-order chi connectivity index (χ1) is 12.5. The van der Waals surface area contributed by atoms with Crippen molar-refractivity contribution in [2.75, 3.05) is 6.61 Å². The molecule has 0 saturated heterocycles. The van der Waals surface area contributed by atoms with E-state index in [9.17, 15) is 15.0 Å². The van der Waals surface area contributed by atoms with Crippen molar-refractivity contribution in [1.82, 2.24) is 0 Å². The van der Waals surface area contributed by atoms with Gasteiger partial charge in [0.05, 0.1) is 6.61 Å². The van der Waals surface area contributed by atoms with Crippen LogP contribution in [0, 0.1) is 0 Å². The summed E-state index contributed by atoms with van der Waals surface area (Å²) in [6.45, 7) is 4.53. The van der Waals surface area contributed by atoms with Gasteiger partial charge in [0.15, 0.2) is 0 Å². The Labute approximate surface area is 155 Å². The van der Waals surface area contributed by atoms with E-state index in [4.69, 9.17) is 4.74 Å². The van der Waals surface area contributed by atoms with Crippen LogP contribution in [-0.4, -0.2) is 22.8 Å². The molecule has 0 heterocycles. The average molecular weight is 356 g/mol. The molecule has 140 valence electrons. The molecule has 0 bridgehead atoms. The Morgan fingerprint density at radius 2 is 1.31 bits per heavy atom. The molecular formula is C22H28O4. The second kappa shape index (κ2) is 9.27. The minimum Gasteiger partial charge on any atom is -0.508 e. The molecule has 0 saturated carbocycles. The van der Waals surface area contributed by atoms with Crippen molar-refractivity contribution in [3.63, 3.8) is 0 Å². The van der Waals surface area contributed by atoms with Crippen molar-refractivity contribution in [3.05, 3.63) is 59.7 Å². The summed E-state index contributed by atoms with van der Waals surface area (Å²) in [6.07, 6.45) is 4.17. The predicted molar refractivity (Wildman–Crippen MR) is 102 cm³/mol. The zero-order valence-electron chi connectivity index (χ0n) is 15.6. The zero-order valence-corrected chi connectivity index (χ0v) is 15.6. The Bertz CT molecular complexity index is 644. The van der Waals surface area contributed by atoms with Crippen molar-refractivity contribution in [2.45, 2.75) is 51.4 Å². The van der Waals surface area contributed by atoms with E-state index < -0.39 is 5.41 Å². The second-order valence-electron chi connectivity index (χ2n) is 6.59. The summed E-state index contributed by atoms with van der Waals surface area (Å²) in [6, 6.07) is 13.5. The summed E-state index contributed by atoms with van der Waals surface area (Å²) in [7, 11) is 0. The van der Waals surface area contributed by atoms with Crippen molar-refractivity contribution in [1.29, 1.82) is 0 Å². The summed E-state index contributed by atoms with van der Waals surface area (Å²) in [5.74, 6) is 0.0298. The van der Waals surface area contributed by atoms with E-state index in [2.05, 4.69) is 13.8 Å². The molecule has 2 rings (SSSR count). The van der Waals surface area contributed by atoms with E-state index in [1.54, 1.807) is 48.5 Å². The molecule has 0 radical (unpaired) electrons. The normalized spacial score (nSPS) is 11.3. The van der Waals surface area contributed by atoms with Gasteiger partial charge in [-0.2, -0.15) is 0 Å². The highest BCUT2D eigenvalue weighted by Gasteiger charge is 2.43. The van der Waals surface area contributed by atoms with E-state index in [-0.39, 0.29) is 17.5 Å². The van der Waals surface area contributed by atoms with Crippen molar-refractivity contribution in [2.24, 2.45) is 0 Å². The van der Waals surface area contributed by atoms with Crippen LogP contribution in [0.5, 0.6) is 11.5 Å². The van der Waals surface area contributed by atoms with Crippen LogP contribution >= 0.6 is 0 Å². The molecule has 0 amide bonds. The largest absolute Gasteiger partial charge is 0.508 e. The van der Waals surface area contributed by atoms with Gasteiger partial charge in [-0.3, -0.25) is 4.79 Å². The van der Waals surface area contributed by atoms with E-state index in [1.807, 2.05) is 0 Å². The maximum absolute atomic E-state index is 13.3. The van der Waals surface area contributed by atoms with Gasteiger partial charge in [0.1, 0.15) is 16.9 Å². The van der Waals surface area contributed by atoms with Crippen LogP contribution in [-0.2, 0) is 14.9 Å². The molecular weight excluding hydrogens is 328 g/mol. The Kier molecular flexibility index (Phi) is 7.07. The van der Waals surface area contributed by atoms with Crippen molar-refractivity contribution < 1.29 is 19.7 Å². The molecule has 4 heteroatoms. The fourth-order valence-corrected chi connectivity index (χ4v) is 3.16. The summed E-state index contributed by atoms with van der Waals surface area (Å²) in [5, 5.41) is 19.3. The van der Waals surface area contributed by atoms with Gasteiger partial charge >= 0.3 is 5.97 Å². The first-order valence-corrected chi connectivity index (χ1v) is 9.30. The van der Waals surface area contributed by atoms with Gasteiger partial charge in [-0.1, -0.05) is 57.4 Å². The average Bonchev–Trinajstić information content (AvgIpc) is 2.65. The number of benzene rings is 2. The summed E-state index contributed by atoms with van der Waals surface area (Å²) in [4.78, 5) is 13.3. The molecule has 2 aromatic carbocycles. The van der Waals surface area contributed by atoms with E-state index in [0.29, 0.717) is 13.0 Å². The highest BCUT2D eigenvalue weighted by atomic mass is 16.5. The molecule has 0 atom stereocenters. The van der Waals surface area contributed by atoms with Gasteiger partial charge in [0, 0.05) is 0 Å². The molecule has 0 aliphatic rings. The fraction of sp³-hybridized carbons (Fsp3) is 0.409. The summed E-state index contributed by atoms with van der Waals surface area (Å²) < 4.78 is 5.65. The van der Waals surface area contributed by atoms with E-state index >= 15 is 0 Å². The first-order valence-electron chi connectivity index (χ1n) is 9.30. The van der Waals surface area contributed by atoms with Gasteiger partial charge in [-0.05, 0) is 48.2 Å². The Morgan fingerprint density at radius 1 is 0.846 bits per heavy atom. The number of ether oxygens (including phenoxy) is 1. The van der Waals surface area contributed by atoms with Gasteiger partial charge in [0.2, 0.25) is 0 Å². The van der Waals surface area contributed by atoms with E-state index in [0.717, 1.165) is 36.8 Å². The number of hydrogen-bond acceptors (Lipinski definition) is 4. The van der Waals surface area contributed by atoms with Crippen LogP contribution < -0.4 is 0 Å². The highest BCUT2D eigenvalue weighted by molar-refractivity contribution is 5.87. The summed E-state index contributed by atoms with van der Waals surface area (Å²) in [5.41, 5.74) is 0.623. The molecule has 2 N–H and O–H groups in total. The van der Waals surface area contributed by atoms with Gasteiger partial charge in [0.25, 0.3) is 0 Å². The smallest absolute Gasteiger partial charge is 0.321 e. The molecule has 0 aromatic heterocycles. The molecule has 0 fully saturated rings. The predicted octanol–water partition coefficient (Wildman–Crippen LogP) is 4.92. The molecule has 0 aliphatic carbocycles. The number of rotatable bonds is 9. The third-order valence-electron chi connectivity index (χ3n) is 4.71. The molecule has 0 spiro atoms. The van der Waals surface area contributed by atoms with Crippen LogP contribution in [0.1, 0.15) is 57.1 Å². The standard InChI is InChI=1S/C22H28O4/c1-3-5-15-22(21(25)26-16-6-4-2,17-7-11-19(23)12-8-17)18-9-13-20(24)14-10-18/h7-14,23-24H,3-6,15-16H2,1-2H3. The van der Waals surface area contributed by atoms with Crippen molar-refractivity contribution in [3.8, 4) is 11.5 Å². The molecule has 2 aromatic rings. The lowest BCUT2D eigenvalue weighted by Crippen LogP contribution is -2.39. The van der Waals surface area contributed by atoms with Gasteiger partial charge in [-0.25, -0.2) is 0 Å². The van der Waals surface area contributed by atoms with Crippen molar-refractivity contribution >= 4 is 5.97 Å². The van der Waals surface area contributed by atoms with Gasteiger partial charge in [-0.15, -0.1) is 0 Å². The maximum atomic E-state index is 13.3. The van der Waals surface area contributed by atoms with Crippen LogP contribution in [0.15, 0.2) is 48.5 Å². The molecule has 0 unspecified atom stereocenters. The number of hydrogen-bond donors (Lipinski definition) is 2. The minimum atomic E-state index is -0.953. The second-order valence-corrected chi connectivity index (χ2v) is 6.59. The third-order valence-corrected chi connectivity index (χ3v) is 4.71. The summed E-state index contributed by atoms with van der Waals surface area (Å²) >= 11 is 0. The number of esters is 1. The number of carbonyl (C=O) groups excluding carboxylic acids is 1. The molecule has 4 nitrogen and oxygen atoms in total. The Balaban J connectivity index is 2.55. The number of aromatic hydroxyl groups is 2. The topological polar surface area (TPSA) is 66.8 Å². The lowest BCUT2D eigenvalue weighted by molar-refractivity contribution is -0.149. The number of phenols is 2. The van der Waals surface area contributed by atoms with Gasteiger partial charge < -0.3 is 14.9 Å². The quantitative estimate of drug-likeness (QED) is 0.494. The van der Waals surface area contributed by atoms with E-state index in [1.165, 1.54) is 0 Å². The van der Waals surface area contributed by atoms with Crippen LogP contribution in [0.25, 0.3) is 0 Å². The zero-order chi connectivity index (χ0) is 19.0. The maximum Gasteiger partial charge on any atom is 0.321 e. The lowest BCUT2D eigenvalue weighted by atomic mass is 9.71. The SMILES string of the molecule is CCCCOC(=O)C(CCCC)(c1ccc(O)cc1)c1ccc(O)cc1. The molecule has 26 heavy (non-hydrogen) atoms. The first kappa shape index (κ1) is 19.8. The lowest BCUT2D eigenvalue weighted by Gasteiger charge is -2.33. The highest BCUT2D eigenvalue weighted by Crippen LogP contribution is 2.40.